The molecule has 0 unspecified atom stereocenters. The standard InChI is InChI=1S/C15H16ClNO2S/c16-14-7-5-13(20-14)6-8-15(19)17-12-3-1-11(2-4-12)9-10-18/h1-5,7,18H,6,8-10H2,(H,17,19). The SMILES string of the molecule is O=C(CCc1ccc(Cl)s1)Nc1ccc(CCO)cc1. The van der Waals surface area contributed by atoms with Crippen molar-refractivity contribution in [2.24, 2.45) is 0 Å². The van der Waals surface area contributed by atoms with Crippen LogP contribution in [0, 0.1) is 0 Å². The van der Waals surface area contributed by atoms with E-state index in [9.17, 15) is 4.79 Å². The van der Waals surface area contributed by atoms with Gasteiger partial charge in [-0.2, -0.15) is 0 Å². The molecule has 0 atom stereocenters. The number of aliphatic hydroxyl groups is 1. The van der Waals surface area contributed by atoms with Crippen LogP contribution < -0.4 is 5.32 Å². The fraction of sp³-hybridized carbons (Fsp3) is 0.267. The number of aryl methyl sites for hydroxylation is 1. The average molecular weight is 310 g/mol. The maximum absolute atomic E-state index is 11.8. The second-order valence-corrected chi connectivity index (χ2v) is 6.22. The summed E-state index contributed by atoms with van der Waals surface area (Å²) in [5.41, 5.74) is 1.83. The number of nitrogens with one attached hydrogen (secondary N) is 1. The number of aliphatic hydroxyl groups excluding tert-OH is 1. The van der Waals surface area contributed by atoms with Crippen molar-refractivity contribution in [2.45, 2.75) is 19.3 Å². The number of halogens is 1. The van der Waals surface area contributed by atoms with Crippen LogP contribution in [0.25, 0.3) is 0 Å². The van der Waals surface area contributed by atoms with Crippen molar-refractivity contribution in [3.8, 4) is 0 Å². The zero-order chi connectivity index (χ0) is 14.4. The zero-order valence-electron chi connectivity index (χ0n) is 10.9. The maximum Gasteiger partial charge on any atom is 0.224 e. The van der Waals surface area contributed by atoms with Crippen LogP contribution in [0.5, 0.6) is 0 Å². The molecule has 0 radical (unpaired) electrons. The summed E-state index contributed by atoms with van der Waals surface area (Å²) < 4.78 is 0.750. The minimum Gasteiger partial charge on any atom is -0.396 e. The van der Waals surface area contributed by atoms with Crippen LogP contribution in [0.3, 0.4) is 0 Å². The average Bonchev–Trinajstić information content (AvgIpc) is 2.85. The Kier molecular flexibility index (Phi) is 5.59. The summed E-state index contributed by atoms with van der Waals surface area (Å²) in [4.78, 5) is 12.9. The topological polar surface area (TPSA) is 49.3 Å². The lowest BCUT2D eigenvalue weighted by atomic mass is 10.1. The van der Waals surface area contributed by atoms with E-state index in [0.717, 1.165) is 20.5 Å². The number of thiophene rings is 1. The first-order valence-electron chi connectivity index (χ1n) is 6.41. The molecule has 1 aromatic heterocycles. The van der Waals surface area contributed by atoms with E-state index in [1.165, 1.54) is 11.3 Å². The van der Waals surface area contributed by atoms with Crippen molar-refractivity contribution in [2.75, 3.05) is 11.9 Å². The minimum atomic E-state index is -0.00979. The molecule has 0 aliphatic rings. The molecule has 0 spiro atoms. The summed E-state index contributed by atoms with van der Waals surface area (Å²) in [6.07, 6.45) is 1.77. The van der Waals surface area contributed by atoms with Gasteiger partial charge < -0.3 is 10.4 Å². The van der Waals surface area contributed by atoms with Crippen LogP contribution in [0.2, 0.25) is 4.34 Å². The summed E-state index contributed by atoms with van der Waals surface area (Å²) in [5, 5.41) is 11.7. The van der Waals surface area contributed by atoms with Crippen LogP contribution in [-0.4, -0.2) is 17.6 Å². The first-order valence-corrected chi connectivity index (χ1v) is 7.60. The quantitative estimate of drug-likeness (QED) is 0.858. The molecule has 106 valence electrons. The van der Waals surface area contributed by atoms with E-state index in [-0.39, 0.29) is 12.5 Å². The Morgan fingerprint density at radius 3 is 2.50 bits per heavy atom. The first kappa shape index (κ1) is 15.0. The van der Waals surface area contributed by atoms with Crippen LogP contribution in [0.1, 0.15) is 16.9 Å². The molecule has 0 fully saturated rings. The van der Waals surface area contributed by atoms with Gasteiger partial charge in [-0.1, -0.05) is 23.7 Å². The number of amides is 1. The van der Waals surface area contributed by atoms with E-state index in [0.29, 0.717) is 19.3 Å². The van der Waals surface area contributed by atoms with E-state index in [4.69, 9.17) is 16.7 Å². The third kappa shape index (κ3) is 4.63. The first-order chi connectivity index (χ1) is 9.67. The molecule has 20 heavy (non-hydrogen) atoms. The smallest absolute Gasteiger partial charge is 0.224 e. The normalized spacial score (nSPS) is 10.5. The van der Waals surface area contributed by atoms with E-state index < -0.39 is 0 Å². The molecule has 2 rings (SSSR count). The predicted molar refractivity (Wildman–Crippen MR) is 83.5 cm³/mol. The molecule has 5 heteroatoms. The molecule has 2 aromatic rings. The largest absolute Gasteiger partial charge is 0.396 e. The molecule has 0 saturated heterocycles. The number of carbonyl (C=O) groups excluding carboxylic acids is 1. The molecular formula is C15H16ClNO2S. The summed E-state index contributed by atoms with van der Waals surface area (Å²) in [6, 6.07) is 11.3. The molecule has 0 aliphatic carbocycles. The Morgan fingerprint density at radius 1 is 1.15 bits per heavy atom. The fourth-order valence-corrected chi connectivity index (χ4v) is 2.92. The highest BCUT2D eigenvalue weighted by Gasteiger charge is 2.05. The molecule has 0 saturated carbocycles. The Hall–Kier alpha value is -1.36. The number of carbonyl (C=O) groups is 1. The highest BCUT2D eigenvalue weighted by atomic mass is 35.5. The molecule has 1 amide bonds. The van der Waals surface area contributed by atoms with Crippen molar-refractivity contribution in [3.63, 3.8) is 0 Å². The minimum absolute atomic E-state index is 0.00979. The van der Waals surface area contributed by atoms with Gasteiger partial charge in [-0.05, 0) is 42.7 Å². The van der Waals surface area contributed by atoms with Crippen LogP contribution in [0.15, 0.2) is 36.4 Å². The highest BCUT2D eigenvalue weighted by Crippen LogP contribution is 2.22. The second-order valence-electron chi connectivity index (χ2n) is 4.42. The van der Waals surface area contributed by atoms with Gasteiger partial charge >= 0.3 is 0 Å². The Labute approximate surface area is 127 Å². The van der Waals surface area contributed by atoms with Gasteiger partial charge in [0, 0.05) is 23.6 Å². The van der Waals surface area contributed by atoms with E-state index >= 15 is 0 Å². The van der Waals surface area contributed by atoms with Crippen molar-refractivity contribution in [3.05, 3.63) is 51.2 Å². The van der Waals surface area contributed by atoms with Gasteiger partial charge in [0.2, 0.25) is 5.91 Å². The number of rotatable bonds is 6. The molecule has 0 aliphatic heterocycles. The van der Waals surface area contributed by atoms with Gasteiger partial charge in [0.25, 0.3) is 0 Å². The number of hydrogen-bond donors (Lipinski definition) is 2. The van der Waals surface area contributed by atoms with Gasteiger partial charge in [-0.25, -0.2) is 0 Å². The van der Waals surface area contributed by atoms with Crippen molar-refractivity contribution in [1.29, 1.82) is 0 Å². The lowest BCUT2D eigenvalue weighted by Gasteiger charge is -2.05. The van der Waals surface area contributed by atoms with E-state index in [1.807, 2.05) is 36.4 Å². The van der Waals surface area contributed by atoms with Gasteiger partial charge in [-0.3, -0.25) is 4.79 Å². The second kappa shape index (κ2) is 7.43. The number of anilines is 1. The lowest BCUT2D eigenvalue weighted by Crippen LogP contribution is -2.12. The van der Waals surface area contributed by atoms with E-state index in [2.05, 4.69) is 5.32 Å². The van der Waals surface area contributed by atoms with E-state index in [1.54, 1.807) is 0 Å². The summed E-state index contributed by atoms with van der Waals surface area (Å²) >= 11 is 7.35. The van der Waals surface area contributed by atoms with Crippen LogP contribution >= 0.6 is 22.9 Å². The van der Waals surface area contributed by atoms with Crippen molar-refractivity contribution in [1.82, 2.24) is 0 Å². The Balaban J connectivity index is 1.81. The summed E-state index contributed by atoms with van der Waals surface area (Å²) in [6.45, 7) is 0.134. The third-order valence-electron chi connectivity index (χ3n) is 2.87. The van der Waals surface area contributed by atoms with Crippen molar-refractivity contribution < 1.29 is 9.90 Å². The number of benzene rings is 1. The zero-order valence-corrected chi connectivity index (χ0v) is 12.5. The van der Waals surface area contributed by atoms with Crippen LogP contribution in [-0.2, 0) is 17.6 Å². The van der Waals surface area contributed by atoms with Crippen LogP contribution in [0.4, 0.5) is 5.69 Å². The molecule has 2 N–H and O–H groups in total. The number of hydrogen-bond acceptors (Lipinski definition) is 3. The Bertz CT molecular complexity index is 566. The fourth-order valence-electron chi connectivity index (χ4n) is 1.83. The predicted octanol–water partition coefficient (Wildman–Crippen LogP) is 3.51. The van der Waals surface area contributed by atoms with Gasteiger partial charge in [0.15, 0.2) is 0 Å². The third-order valence-corrected chi connectivity index (χ3v) is 4.16. The molecule has 0 bridgehead atoms. The summed E-state index contributed by atoms with van der Waals surface area (Å²) in [5.74, 6) is -0.00979. The molecule has 1 heterocycles. The van der Waals surface area contributed by atoms with Gasteiger partial charge in [0.05, 0.1) is 4.34 Å². The Morgan fingerprint density at radius 2 is 1.90 bits per heavy atom. The van der Waals surface area contributed by atoms with Crippen molar-refractivity contribution >= 4 is 34.5 Å². The molecule has 3 nitrogen and oxygen atoms in total. The molecular weight excluding hydrogens is 294 g/mol. The maximum atomic E-state index is 11.8. The van der Waals surface area contributed by atoms with Gasteiger partial charge in [0.1, 0.15) is 0 Å². The lowest BCUT2D eigenvalue weighted by molar-refractivity contribution is -0.116. The summed E-state index contributed by atoms with van der Waals surface area (Å²) in [7, 11) is 0. The van der Waals surface area contributed by atoms with Gasteiger partial charge in [-0.15, -0.1) is 11.3 Å². The monoisotopic (exact) mass is 309 g/mol. The molecule has 1 aromatic carbocycles. The highest BCUT2D eigenvalue weighted by molar-refractivity contribution is 7.16.